The summed E-state index contributed by atoms with van der Waals surface area (Å²) in [5.74, 6) is -1.91. The second kappa shape index (κ2) is 8.51. The van der Waals surface area contributed by atoms with Gasteiger partial charge in [-0.3, -0.25) is 13.9 Å². The normalized spacial score (nSPS) is 14.1. The molecule has 1 aliphatic heterocycles. The summed E-state index contributed by atoms with van der Waals surface area (Å²) in [5, 5.41) is 2.55. The van der Waals surface area contributed by atoms with Gasteiger partial charge in [-0.1, -0.05) is 42.5 Å². The molecule has 1 aromatic heterocycles. The van der Waals surface area contributed by atoms with Crippen molar-refractivity contribution in [1.82, 2.24) is 9.13 Å². The lowest BCUT2D eigenvalue weighted by Crippen LogP contribution is -2.44. The fraction of sp³-hybridized carbons (Fsp3) is 0.136. The number of hydrogen-bond donors (Lipinski definition) is 1. The maximum atomic E-state index is 13.2. The van der Waals surface area contributed by atoms with Gasteiger partial charge in [0.05, 0.1) is 6.54 Å². The van der Waals surface area contributed by atoms with E-state index in [1.807, 2.05) is 0 Å². The predicted molar refractivity (Wildman–Crippen MR) is 117 cm³/mol. The zero-order valence-electron chi connectivity index (χ0n) is 17.3. The second-order valence-corrected chi connectivity index (χ2v) is 9.11. The first-order chi connectivity index (χ1) is 15.7. The van der Waals surface area contributed by atoms with Crippen LogP contribution in [0.1, 0.15) is 11.1 Å². The number of halogens is 1. The number of nitrogens with zero attached hydrogens (tertiary/aromatic N) is 2. The zero-order chi connectivity index (χ0) is 23.8. The molecule has 170 valence electrons. The Bertz CT molecular complexity index is 1490. The summed E-state index contributed by atoms with van der Waals surface area (Å²) in [6, 6.07) is 13.7. The molecular formula is C22H18FN3O6S. The molecule has 9 nitrogen and oxygen atoms in total. The molecule has 0 saturated carbocycles. The van der Waals surface area contributed by atoms with E-state index >= 15 is 0 Å². The summed E-state index contributed by atoms with van der Waals surface area (Å²) >= 11 is 0. The second-order valence-electron chi connectivity index (χ2n) is 7.26. The van der Waals surface area contributed by atoms with Crippen molar-refractivity contribution in [2.45, 2.75) is 18.0 Å². The largest absolute Gasteiger partial charge is 0.457 e. The van der Waals surface area contributed by atoms with Crippen molar-refractivity contribution in [1.29, 1.82) is 0 Å². The Kier molecular flexibility index (Phi) is 5.73. The van der Waals surface area contributed by atoms with Gasteiger partial charge in [-0.15, -0.1) is 0 Å². The van der Waals surface area contributed by atoms with Gasteiger partial charge in [-0.05, 0) is 23.3 Å². The van der Waals surface area contributed by atoms with Crippen molar-refractivity contribution in [2.24, 2.45) is 7.05 Å². The molecular weight excluding hydrogens is 453 g/mol. The van der Waals surface area contributed by atoms with Gasteiger partial charge >= 0.3 is 11.7 Å². The van der Waals surface area contributed by atoms with Crippen LogP contribution in [0.3, 0.4) is 0 Å². The third-order valence-electron chi connectivity index (χ3n) is 5.07. The van der Waals surface area contributed by atoms with Crippen LogP contribution in [-0.4, -0.2) is 23.5 Å². The number of nitrogens with one attached hydrogen (secondary N) is 1. The van der Waals surface area contributed by atoms with Crippen molar-refractivity contribution in [3.63, 3.8) is 0 Å². The third kappa shape index (κ3) is 4.10. The van der Waals surface area contributed by atoms with E-state index in [1.165, 1.54) is 31.3 Å². The summed E-state index contributed by atoms with van der Waals surface area (Å²) in [6.45, 7) is -0.451. The van der Waals surface area contributed by atoms with Crippen LogP contribution in [0, 0.1) is 5.82 Å². The minimum Gasteiger partial charge on any atom is -0.457 e. The van der Waals surface area contributed by atoms with Gasteiger partial charge < -0.3 is 10.1 Å². The molecule has 0 amide bonds. The van der Waals surface area contributed by atoms with Crippen molar-refractivity contribution < 1.29 is 22.3 Å². The summed E-state index contributed by atoms with van der Waals surface area (Å²) < 4.78 is 46.3. The quantitative estimate of drug-likeness (QED) is 0.561. The predicted octanol–water partition coefficient (Wildman–Crippen LogP) is 1.52. The first-order valence-corrected chi connectivity index (χ1v) is 11.2. The van der Waals surface area contributed by atoms with Gasteiger partial charge in [-0.25, -0.2) is 22.4 Å². The molecule has 2 heterocycles. The zero-order valence-corrected chi connectivity index (χ0v) is 18.1. The lowest BCUT2D eigenvalue weighted by molar-refractivity contribution is -0.139. The highest BCUT2D eigenvalue weighted by atomic mass is 32.2. The number of benzene rings is 2. The van der Waals surface area contributed by atoms with E-state index < -0.39 is 42.7 Å². The Morgan fingerprint density at radius 1 is 1.03 bits per heavy atom. The van der Waals surface area contributed by atoms with Gasteiger partial charge in [-0.2, -0.15) is 0 Å². The fourth-order valence-electron chi connectivity index (χ4n) is 3.34. The van der Waals surface area contributed by atoms with E-state index in [9.17, 15) is 27.2 Å². The molecule has 1 N–H and O–H groups in total. The van der Waals surface area contributed by atoms with E-state index in [4.69, 9.17) is 4.74 Å². The van der Waals surface area contributed by atoms with Crippen LogP contribution >= 0.6 is 0 Å². The molecule has 0 fully saturated rings. The maximum absolute atomic E-state index is 13.2. The molecule has 33 heavy (non-hydrogen) atoms. The molecule has 0 unspecified atom stereocenters. The van der Waals surface area contributed by atoms with Gasteiger partial charge in [0, 0.05) is 13.2 Å². The highest BCUT2D eigenvalue weighted by Crippen LogP contribution is 2.28. The van der Waals surface area contributed by atoms with E-state index in [0.717, 1.165) is 15.3 Å². The minimum absolute atomic E-state index is 0.150. The summed E-state index contributed by atoms with van der Waals surface area (Å²) in [5.41, 5.74) is -0.714. The lowest BCUT2D eigenvalue weighted by Gasteiger charge is -2.21. The Morgan fingerprint density at radius 2 is 1.70 bits per heavy atom. The van der Waals surface area contributed by atoms with Gasteiger partial charge in [0.25, 0.3) is 5.56 Å². The molecule has 0 saturated heterocycles. The average molecular weight is 471 g/mol. The number of aromatic nitrogens is 2. The minimum atomic E-state index is -4.61. The van der Waals surface area contributed by atoms with Crippen LogP contribution in [0.5, 0.6) is 0 Å². The van der Waals surface area contributed by atoms with Crippen LogP contribution in [0.2, 0.25) is 0 Å². The SMILES string of the molecule is Cn1c2c(c(=O)n(Cc3ccccc3)c1=O)S(=O)(=O)C(C(=O)OCc1ccc(F)cc1)=CN2. The van der Waals surface area contributed by atoms with Crippen LogP contribution in [0.15, 0.2) is 80.2 Å². The third-order valence-corrected chi connectivity index (χ3v) is 6.84. The van der Waals surface area contributed by atoms with Crippen LogP contribution in [0.4, 0.5) is 10.2 Å². The molecule has 0 aliphatic carbocycles. The highest BCUT2D eigenvalue weighted by Gasteiger charge is 2.38. The van der Waals surface area contributed by atoms with Crippen LogP contribution in [0.25, 0.3) is 0 Å². The van der Waals surface area contributed by atoms with Crippen molar-refractivity contribution in [2.75, 3.05) is 5.32 Å². The van der Waals surface area contributed by atoms with Gasteiger partial charge in [0.1, 0.15) is 18.2 Å². The highest BCUT2D eigenvalue weighted by molar-refractivity contribution is 7.96. The lowest BCUT2D eigenvalue weighted by atomic mass is 10.2. The number of ether oxygens (including phenoxy) is 1. The first kappa shape index (κ1) is 22.2. The van der Waals surface area contributed by atoms with Crippen LogP contribution in [-0.2, 0) is 39.6 Å². The molecule has 0 radical (unpaired) electrons. The standard InChI is InChI=1S/C22H18FN3O6S/c1-25-19-18(20(27)26(22(25)29)12-14-5-3-2-4-6-14)33(30,31)17(11-24-19)21(28)32-13-15-7-9-16(23)10-8-15/h2-11,24H,12-13H2,1H3. The van der Waals surface area contributed by atoms with E-state index in [1.54, 1.807) is 30.3 Å². The molecule has 0 bridgehead atoms. The van der Waals surface area contributed by atoms with E-state index in [0.29, 0.717) is 11.1 Å². The number of carbonyl (C=O) groups is 1. The molecule has 0 spiro atoms. The number of rotatable bonds is 5. The topological polar surface area (TPSA) is 116 Å². The van der Waals surface area contributed by atoms with E-state index in [-0.39, 0.29) is 19.0 Å². The monoisotopic (exact) mass is 471 g/mol. The number of esters is 1. The maximum Gasteiger partial charge on any atom is 0.352 e. The molecule has 1 aliphatic rings. The van der Waals surface area contributed by atoms with Gasteiger partial charge in [0.15, 0.2) is 9.80 Å². The molecule has 0 atom stereocenters. The van der Waals surface area contributed by atoms with Crippen LogP contribution < -0.4 is 16.6 Å². The summed E-state index contributed by atoms with van der Waals surface area (Å²) in [7, 11) is -3.29. The Balaban J connectivity index is 1.70. The van der Waals surface area contributed by atoms with E-state index in [2.05, 4.69) is 5.32 Å². The van der Waals surface area contributed by atoms with Crippen molar-refractivity contribution in [3.8, 4) is 0 Å². The number of hydrogen-bond acceptors (Lipinski definition) is 7. The molecule has 4 rings (SSSR count). The Hall–Kier alpha value is -3.99. The van der Waals surface area contributed by atoms with Gasteiger partial charge in [0.2, 0.25) is 9.84 Å². The summed E-state index contributed by atoms with van der Waals surface area (Å²) in [4.78, 5) is 36.9. The van der Waals surface area contributed by atoms with Crippen molar-refractivity contribution in [3.05, 3.63) is 103 Å². The molecule has 11 heteroatoms. The fourth-order valence-corrected chi connectivity index (χ4v) is 4.84. The number of fused-ring (bicyclic) bond motifs is 1. The Morgan fingerprint density at radius 3 is 2.36 bits per heavy atom. The molecule has 3 aromatic rings. The Labute approximate surface area is 187 Å². The first-order valence-electron chi connectivity index (χ1n) is 9.71. The smallest absolute Gasteiger partial charge is 0.352 e. The average Bonchev–Trinajstić information content (AvgIpc) is 2.79. The number of anilines is 1. The number of carbonyl (C=O) groups excluding carboxylic acids is 1. The molecule has 2 aromatic carbocycles. The van der Waals surface area contributed by atoms with Crippen molar-refractivity contribution >= 4 is 21.6 Å². The number of sulfone groups is 1. The summed E-state index contributed by atoms with van der Waals surface area (Å²) in [6.07, 6.45) is 0.880.